The first-order valence-electron chi connectivity index (χ1n) is 5.67. The molecule has 88 valence electrons. The van der Waals surface area contributed by atoms with Crippen molar-refractivity contribution in [2.24, 2.45) is 0 Å². The Labute approximate surface area is 101 Å². The van der Waals surface area contributed by atoms with Gasteiger partial charge >= 0.3 is 0 Å². The third kappa shape index (κ3) is 2.12. The lowest BCUT2D eigenvalue weighted by molar-refractivity contribution is 0.379. The minimum Gasteiger partial charge on any atom is -0.396 e. The predicted octanol–water partition coefficient (Wildman–Crippen LogP) is 2.67. The van der Waals surface area contributed by atoms with Crippen LogP contribution in [0.4, 0.5) is 11.5 Å². The average molecular weight is 237 g/mol. The topological polar surface area (TPSA) is 50.9 Å². The minimum absolute atomic E-state index is 0.415. The molecule has 0 bridgehead atoms. The van der Waals surface area contributed by atoms with Crippen LogP contribution in [-0.2, 0) is 0 Å². The number of nitrogens with zero attached hydrogens (tertiary/aromatic N) is 1. The number of aromatic nitrogens is 1. The second kappa shape index (κ2) is 4.53. The molecule has 0 radical (unpaired) electrons. The van der Waals surface area contributed by atoms with Gasteiger partial charge in [0, 0.05) is 17.5 Å². The van der Waals surface area contributed by atoms with Gasteiger partial charge in [-0.15, -0.1) is 0 Å². The normalized spacial score (nSPS) is 17.9. The third-order valence-electron chi connectivity index (χ3n) is 3.48. The lowest BCUT2D eigenvalue weighted by Crippen LogP contribution is -2.40. The highest BCUT2D eigenvalue weighted by molar-refractivity contribution is 8.00. The number of nitrogen functional groups attached to an aromatic ring is 1. The van der Waals surface area contributed by atoms with Crippen molar-refractivity contribution in [3.8, 4) is 0 Å². The highest BCUT2D eigenvalue weighted by Gasteiger charge is 2.35. The second-order valence-electron chi connectivity index (χ2n) is 4.48. The van der Waals surface area contributed by atoms with E-state index in [1.54, 1.807) is 6.20 Å². The molecular weight excluding hydrogens is 218 g/mol. The van der Waals surface area contributed by atoms with Crippen molar-refractivity contribution in [2.75, 3.05) is 23.9 Å². The number of nitrogens with one attached hydrogen (secondary N) is 1. The van der Waals surface area contributed by atoms with E-state index in [1.807, 2.05) is 24.8 Å². The summed E-state index contributed by atoms with van der Waals surface area (Å²) in [5.41, 5.74) is 7.84. The van der Waals surface area contributed by atoms with Gasteiger partial charge in [0.1, 0.15) is 5.82 Å². The van der Waals surface area contributed by atoms with Crippen molar-refractivity contribution >= 4 is 23.3 Å². The summed E-state index contributed by atoms with van der Waals surface area (Å²) in [5, 5.41) is 3.39. The summed E-state index contributed by atoms with van der Waals surface area (Å²) in [6, 6.07) is 1.94. The molecule has 3 nitrogen and oxygen atoms in total. The fourth-order valence-corrected chi connectivity index (χ4v) is 2.89. The molecule has 0 aromatic carbocycles. The van der Waals surface area contributed by atoms with E-state index in [-0.39, 0.29) is 0 Å². The molecule has 1 aliphatic carbocycles. The van der Waals surface area contributed by atoms with Crippen molar-refractivity contribution in [1.82, 2.24) is 4.98 Å². The molecule has 0 atom stereocenters. The Morgan fingerprint density at radius 2 is 2.31 bits per heavy atom. The molecule has 0 unspecified atom stereocenters. The van der Waals surface area contributed by atoms with E-state index in [9.17, 15) is 0 Å². The van der Waals surface area contributed by atoms with Gasteiger partial charge < -0.3 is 11.1 Å². The van der Waals surface area contributed by atoms with Crippen LogP contribution in [0.5, 0.6) is 0 Å². The number of rotatable bonds is 4. The molecule has 1 aromatic heterocycles. The summed E-state index contributed by atoms with van der Waals surface area (Å²) in [7, 11) is 0. The molecule has 0 saturated heterocycles. The maximum absolute atomic E-state index is 5.98. The first-order valence-corrected chi connectivity index (χ1v) is 6.89. The fraction of sp³-hybridized carbons (Fsp3) is 0.583. The Bertz CT molecular complexity index is 369. The molecule has 1 fully saturated rings. The SMILES string of the molecule is CSC1(CNc2nccc(C)c2N)CCC1. The van der Waals surface area contributed by atoms with Crippen LogP contribution in [0, 0.1) is 6.92 Å². The number of hydrogen-bond donors (Lipinski definition) is 2. The van der Waals surface area contributed by atoms with Gasteiger partial charge in [-0.3, -0.25) is 0 Å². The lowest BCUT2D eigenvalue weighted by atomic mass is 9.84. The van der Waals surface area contributed by atoms with Gasteiger partial charge in [0.15, 0.2) is 0 Å². The smallest absolute Gasteiger partial charge is 0.149 e. The van der Waals surface area contributed by atoms with E-state index >= 15 is 0 Å². The van der Waals surface area contributed by atoms with E-state index in [0.29, 0.717) is 4.75 Å². The van der Waals surface area contributed by atoms with Gasteiger partial charge in [0.05, 0.1) is 5.69 Å². The summed E-state index contributed by atoms with van der Waals surface area (Å²) in [5.74, 6) is 0.834. The van der Waals surface area contributed by atoms with Gasteiger partial charge in [-0.2, -0.15) is 11.8 Å². The lowest BCUT2D eigenvalue weighted by Gasteiger charge is -2.40. The van der Waals surface area contributed by atoms with Crippen LogP contribution in [0.3, 0.4) is 0 Å². The molecule has 1 aliphatic rings. The Kier molecular flexibility index (Phi) is 3.28. The zero-order chi connectivity index (χ0) is 11.6. The van der Waals surface area contributed by atoms with E-state index in [4.69, 9.17) is 5.73 Å². The zero-order valence-electron chi connectivity index (χ0n) is 9.92. The highest BCUT2D eigenvalue weighted by atomic mass is 32.2. The molecule has 3 N–H and O–H groups in total. The maximum atomic E-state index is 5.98. The minimum atomic E-state index is 0.415. The van der Waals surface area contributed by atoms with Gasteiger partial charge in [0.25, 0.3) is 0 Å². The Hall–Kier alpha value is -0.900. The Morgan fingerprint density at radius 1 is 1.56 bits per heavy atom. The molecule has 2 rings (SSSR count). The van der Waals surface area contributed by atoms with E-state index in [1.165, 1.54) is 19.3 Å². The third-order valence-corrected chi connectivity index (χ3v) is 4.90. The van der Waals surface area contributed by atoms with E-state index < -0.39 is 0 Å². The largest absolute Gasteiger partial charge is 0.396 e. The molecule has 0 amide bonds. The molecule has 1 saturated carbocycles. The number of thioether (sulfide) groups is 1. The summed E-state index contributed by atoms with van der Waals surface area (Å²) >= 11 is 1.96. The first kappa shape index (κ1) is 11.6. The Balaban J connectivity index is 2.02. The summed E-state index contributed by atoms with van der Waals surface area (Å²) in [4.78, 5) is 4.29. The first-order chi connectivity index (χ1) is 7.67. The molecule has 1 heterocycles. The van der Waals surface area contributed by atoms with E-state index in [2.05, 4.69) is 16.6 Å². The van der Waals surface area contributed by atoms with Crippen molar-refractivity contribution < 1.29 is 0 Å². The monoisotopic (exact) mass is 237 g/mol. The summed E-state index contributed by atoms with van der Waals surface area (Å²) < 4.78 is 0.415. The molecule has 4 heteroatoms. The highest BCUT2D eigenvalue weighted by Crippen LogP contribution is 2.42. The molecule has 1 aromatic rings. The van der Waals surface area contributed by atoms with Crippen molar-refractivity contribution in [3.05, 3.63) is 17.8 Å². The van der Waals surface area contributed by atoms with Crippen LogP contribution in [0.25, 0.3) is 0 Å². The van der Waals surface area contributed by atoms with Crippen LogP contribution in [0.15, 0.2) is 12.3 Å². The maximum Gasteiger partial charge on any atom is 0.149 e. The van der Waals surface area contributed by atoms with Crippen molar-refractivity contribution in [3.63, 3.8) is 0 Å². The van der Waals surface area contributed by atoms with Crippen LogP contribution >= 0.6 is 11.8 Å². The summed E-state index contributed by atoms with van der Waals surface area (Å²) in [6.45, 7) is 2.98. The van der Waals surface area contributed by atoms with Crippen molar-refractivity contribution in [1.29, 1.82) is 0 Å². The van der Waals surface area contributed by atoms with E-state index in [0.717, 1.165) is 23.6 Å². The standard InChI is InChI=1S/C12H19N3S/c1-9-4-7-14-11(10(9)13)15-8-12(16-2)5-3-6-12/h4,7H,3,5-6,8,13H2,1-2H3,(H,14,15). The molecule has 0 spiro atoms. The van der Waals surface area contributed by atoms with Gasteiger partial charge in [-0.1, -0.05) is 6.42 Å². The summed E-state index contributed by atoms with van der Waals surface area (Å²) in [6.07, 6.45) is 7.94. The number of aryl methyl sites for hydroxylation is 1. The van der Waals surface area contributed by atoms with Gasteiger partial charge in [-0.25, -0.2) is 4.98 Å². The number of nitrogens with two attached hydrogens (primary N) is 1. The predicted molar refractivity (Wildman–Crippen MR) is 72.0 cm³/mol. The average Bonchev–Trinajstić information content (AvgIpc) is 2.23. The number of pyridine rings is 1. The Morgan fingerprint density at radius 3 is 2.88 bits per heavy atom. The zero-order valence-corrected chi connectivity index (χ0v) is 10.7. The molecule has 0 aliphatic heterocycles. The van der Waals surface area contributed by atoms with Gasteiger partial charge in [-0.05, 0) is 37.7 Å². The van der Waals surface area contributed by atoms with Crippen LogP contribution in [-0.4, -0.2) is 22.5 Å². The van der Waals surface area contributed by atoms with Crippen LogP contribution < -0.4 is 11.1 Å². The second-order valence-corrected chi connectivity index (χ2v) is 5.76. The molecule has 16 heavy (non-hydrogen) atoms. The van der Waals surface area contributed by atoms with Gasteiger partial charge in [0.2, 0.25) is 0 Å². The number of anilines is 2. The van der Waals surface area contributed by atoms with Crippen LogP contribution in [0.2, 0.25) is 0 Å². The van der Waals surface area contributed by atoms with Crippen LogP contribution in [0.1, 0.15) is 24.8 Å². The number of hydrogen-bond acceptors (Lipinski definition) is 4. The quantitative estimate of drug-likeness (QED) is 0.845. The molecular formula is C12H19N3S. The fourth-order valence-electron chi connectivity index (χ4n) is 1.98. The van der Waals surface area contributed by atoms with Crippen molar-refractivity contribution in [2.45, 2.75) is 30.9 Å².